The number of rotatable bonds is 2. The van der Waals surface area contributed by atoms with Gasteiger partial charge in [-0.25, -0.2) is 4.39 Å². The highest BCUT2D eigenvalue weighted by Gasteiger charge is 2.21. The van der Waals surface area contributed by atoms with Crippen LogP contribution in [0, 0.1) is 11.7 Å². The Kier molecular flexibility index (Phi) is 3.70. The largest absolute Gasteiger partial charge is 0.294 e. The van der Waals surface area contributed by atoms with E-state index in [1.807, 2.05) is 0 Å². The highest BCUT2D eigenvalue weighted by Crippen LogP contribution is 2.26. The van der Waals surface area contributed by atoms with Gasteiger partial charge in [0.25, 0.3) is 0 Å². The fourth-order valence-corrected chi connectivity index (χ4v) is 2.39. The van der Waals surface area contributed by atoms with Crippen LogP contribution >= 0.6 is 0 Å². The number of hydrogen-bond acceptors (Lipinski definition) is 1. The summed E-state index contributed by atoms with van der Waals surface area (Å²) >= 11 is 0. The molecule has 0 atom stereocenters. The van der Waals surface area contributed by atoms with Crippen molar-refractivity contribution in [3.8, 4) is 0 Å². The van der Waals surface area contributed by atoms with E-state index in [9.17, 15) is 9.18 Å². The van der Waals surface area contributed by atoms with Crippen LogP contribution in [-0.2, 0) is 0 Å². The van der Waals surface area contributed by atoms with Crippen LogP contribution in [0.4, 0.5) is 4.39 Å². The lowest BCUT2D eigenvalue weighted by Gasteiger charge is -2.12. The molecule has 0 amide bonds. The maximum absolute atomic E-state index is 12.7. The van der Waals surface area contributed by atoms with Crippen molar-refractivity contribution in [2.24, 2.45) is 5.92 Å². The van der Waals surface area contributed by atoms with Crippen LogP contribution in [0.2, 0.25) is 0 Å². The van der Waals surface area contributed by atoms with E-state index in [0.29, 0.717) is 5.56 Å². The number of Topliss-reactive ketones (excluding diaryl/α,β-unsaturated/α-hetero) is 1. The molecule has 0 saturated heterocycles. The van der Waals surface area contributed by atoms with Crippen LogP contribution < -0.4 is 0 Å². The molecule has 1 fully saturated rings. The third kappa shape index (κ3) is 2.69. The molecule has 0 heterocycles. The molecule has 0 radical (unpaired) electrons. The molecule has 1 aliphatic carbocycles. The van der Waals surface area contributed by atoms with Crippen LogP contribution in [0.5, 0.6) is 0 Å². The molecule has 1 nitrogen and oxygen atoms in total. The molecule has 0 spiro atoms. The van der Waals surface area contributed by atoms with Gasteiger partial charge in [-0.1, -0.05) is 25.7 Å². The minimum absolute atomic E-state index is 0. The van der Waals surface area contributed by atoms with Crippen molar-refractivity contribution >= 4 is 5.78 Å². The molecule has 0 N–H and O–H groups in total. The first-order valence-electron chi connectivity index (χ1n) is 6.07. The summed E-state index contributed by atoms with van der Waals surface area (Å²) < 4.78 is 12.7. The molecule has 0 unspecified atom stereocenters. The Labute approximate surface area is 97.2 Å². The fraction of sp³-hybridized carbons (Fsp3) is 0.500. The van der Waals surface area contributed by atoms with Gasteiger partial charge >= 0.3 is 0 Å². The molecule has 0 bridgehead atoms. The van der Waals surface area contributed by atoms with Gasteiger partial charge in [-0.05, 0) is 37.1 Å². The summed E-state index contributed by atoms with van der Waals surface area (Å²) in [5.74, 6) is 0.0762. The second-order valence-electron chi connectivity index (χ2n) is 4.56. The van der Waals surface area contributed by atoms with E-state index < -0.39 is 0 Å². The fourth-order valence-electron chi connectivity index (χ4n) is 2.39. The number of halogens is 1. The lowest BCUT2D eigenvalue weighted by atomic mass is 9.91. The minimum atomic E-state index is -0.280. The first kappa shape index (κ1) is 11.3. The molecule has 1 aliphatic rings. The maximum Gasteiger partial charge on any atom is 0.165 e. The monoisotopic (exact) mass is 222 g/mol. The van der Waals surface area contributed by atoms with Crippen LogP contribution in [0.1, 0.15) is 50.3 Å². The standard InChI is InChI=1S/C14H17FO.H2/c15-13-9-7-12(8-10-13)14(16)11-5-3-1-2-4-6-11;/h7-11H,1-6H2;1H. The van der Waals surface area contributed by atoms with Gasteiger partial charge in [-0.3, -0.25) is 4.79 Å². The van der Waals surface area contributed by atoms with Crippen molar-refractivity contribution < 1.29 is 10.6 Å². The van der Waals surface area contributed by atoms with E-state index in [1.165, 1.54) is 25.0 Å². The Balaban J connectivity index is 0.00000144. The maximum atomic E-state index is 12.7. The van der Waals surface area contributed by atoms with Crippen molar-refractivity contribution in [2.45, 2.75) is 38.5 Å². The smallest absolute Gasteiger partial charge is 0.165 e. The van der Waals surface area contributed by atoms with Gasteiger partial charge in [0, 0.05) is 12.9 Å². The van der Waals surface area contributed by atoms with E-state index in [-0.39, 0.29) is 18.9 Å². The molecule has 2 heteroatoms. The lowest BCUT2D eigenvalue weighted by molar-refractivity contribution is 0.0908. The van der Waals surface area contributed by atoms with E-state index in [1.54, 1.807) is 12.1 Å². The summed E-state index contributed by atoms with van der Waals surface area (Å²) in [4.78, 5) is 12.1. The van der Waals surface area contributed by atoms with Crippen LogP contribution in [0.25, 0.3) is 0 Å². The van der Waals surface area contributed by atoms with Crippen LogP contribution in [0.3, 0.4) is 0 Å². The second kappa shape index (κ2) is 5.24. The number of carbonyl (C=O) groups excluding carboxylic acids is 1. The topological polar surface area (TPSA) is 17.1 Å². The Morgan fingerprint density at radius 2 is 1.62 bits per heavy atom. The summed E-state index contributed by atoms with van der Waals surface area (Å²) in [5, 5.41) is 0. The molecule has 1 aromatic rings. The van der Waals surface area contributed by atoms with E-state index in [0.717, 1.165) is 25.7 Å². The van der Waals surface area contributed by atoms with Gasteiger partial charge in [-0.2, -0.15) is 0 Å². The molecular weight excluding hydrogens is 203 g/mol. The van der Waals surface area contributed by atoms with Crippen molar-refractivity contribution in [2.75, 3.05) is 0 Å². The summed E-state index contributed by atoms with van der Waals surface area (Å²) in [5.41, 5.74) is 0.660. The van der Waals surface area contributed by atoms with Crippen LogP contribution in [-0.4, -0.2) is 5.78 Å². The quantitative estimate of drug-likeness (QED) is 0.540. The van der Waals surface area contributed by atoms with E-state index >= 15 is 0 Å². The van der Waals surface area contributed by atoms with Gasteiger partial charge in [0.2, 0.25) is 0 Å². The number of benzene rings is 1. The Morgan fingerprint density at radius 3 is 2.19 bits per heavy atom. The van der Waals surface area contributed by atoms with Gasteiger partial charge in [0.15, 0.2) is 5.78 Å². The summed E-state index contributed by atoms with van der Waals surface area (Å²) in [7, 11) is 0. The van der Waals surface area contributed by atoms with Crippen molar-refractivity contribution in [3.63, 3.8) is 0 Å². The Morgan fingerprint density at radius 1 is 1.06 bits per heavy atom. The third-order valence-corrected chi connectivity index (χ3v) is 3.35. The highest BCUT2D eigenvalue weighted by atomic mass is 19.1. The highest BCUT2D eigenvalue weighted by molar-refractivity contribution is 5.97. The Bertz CT molecular complexity index is 353. The third-order valence-electron chi connectivity index (χ3n) is 3.35. The van der Waals surface area contributed by atoms with Crippen molar-refractivity contribution in [1.29, 1.82) is 0 Å². The van der Waals surface area contributed by atoms with E-state index in [2.05, 4.69) is 0 Å². The Hall–Kier alpha value is -1.18. The minimum Gasteiger partial charge on any atom is -0.294 e. The zero-order valence-electron chi connectivity index (χ0n) is 9.42. The van der Waals surface area contributed by atoms with Crippen molar-refractivity contribution in [1.82, 2.24) is 0 Å². The zero-order valence-corrected chi connectivity index (χ0v) is 9.42. The molecule has 88 valence electrons. The average molecular weight is 222 g/mol. The van der Waals surface area contributed by atoms with Gasteiger partial charge in [-0.15, -0.1) is 0 Å². The molecule has 0 aliphatic heterocycles. The summed E-state index contributed by atoms with van der Waals surface area (Å²) in [6.45, 7) is 0. The summed E-state index contributed by atoms with van der Waals surface area (Å²) in [6.07, 6.45) is 6.78. The lowest BCUT2D eigenvalue weighted by Crippen LogP contribution is -2.13. The molecule has 0 aromatic heterocycles. The van der Waals surface area contributed by atoms with Crippen molar-refractivity contribution in [3.05, 3.63) is 35.6 Å². The normalized spacial score (nSPS) is 18.1. The number of carbonyl (C=O) groups is 1. The van der Waals surface area contributed by atoms with Gasteiger partial charge in [0.1, 0.15) is 5.82 Å². The average Bonchev–Trinajstić information content (AvgIpc) is 2.57. The zero-order chi connectivity index (χ0) is 11.4. The second-order valence-corrected chi connectivity index (χ2v) is 4.56. The first-order chi connectivity index (χ1) is 7.77. The van der Waals surface area contributed by atoms with Gasteiger partial charge < -0.3 is 0 Å². The first-order valence-corrected chi connectivity index (χ1v) is 6.07. The SMILES string of the molecule is O=C(c1ccc(F)cc1)C1CCCCCC1.[HH]. The number of hydrogen-bond donors (Lipinski definition) is 0. The summed E-state index contributed by atoms with van der Waals surface area (Å²) in [6, 6.07) is 5.93. The van der Waals surface area contributed by atoms with E-state index in [4.69, 9.17) is 0 Å². The predicted octanol–water partition coefficient (Wildman–Crippen LogP) is 4.22. The molecule has 16 heavy (non-hydrogen) atoms. The number of ketones is 1. The molecule has 1 saturated carbocycles. The predicted molar refractivity (Wildman–Crippen MR) is 64.0 cm³/mol. The molecule has 1 aromatic carbocycles. The molecular formula is C14H19FO. The molecule has 2 rings (SSSR count). The van der Waals surface area contributed by atoms with Crippen LogP contribution in [0.15, 0.2) is 24.3 Å². The van der Waals surface area contributed by atoms with Gasteiger partial charge in [0.05, 0.1) is 0 Å².